The van der Waals surface area contributed by atoms with Crippen LogP contribution < -0.4 is 5.73 Å². The number of pyridine rings is 1. The summed E-state index contributed by atoms with van der Waals surface area (Å²) in [5, 5.41) is 0. The van der Waals surface area contributed by atoms with Crippen LogP contribution in [0.15, 0.2) is 18.5 Å². The third-order valence-electron chi connectivity index (χ3n) is 3.77. The number of nitrogens with zero attached hydrogens (tertiary/aromatic N) is 1. The van der Waals surface area contributed by atoms with Gasteiger partial charge in [0.15, 0.2) is 0 Å². The summed E-state index contributed by atoms with van der Waals surface area (Å²) in [5.74, 6) is 0.197. The zero-order valence-electron chi connectivity index (χ0n) is 10.2. The normalized spacial score (nSPS) is 20.6. The van der Waals surface area contributed by atoms with Gasteiger partial charge in [0.1, 0.15) is 5.82 Å². The van der Waals surface area contributed by atoms with Crippen molar-refractivity contribution in [1.29, 1.82) is 0 Å². The highest BCUT2D eigenvalue weighted by Crippen LogP contribution is 2.31. The van der Waals surface area contributed by atoms with E-state index in [1.807, 2.05) is 0 Å². The van der Waals surface area contributed by atoms with Crippen LogP contribution in [0.3, 0.4) is 0 Å². The zero-order valence-corrected chi connectivity index (χ0v) is 10.2. The second kappa shape index (κ2) is 6.10. The minimum atomic E-state index is -0.288. The van der Waals surface area contributed by atoms with Crippen LogP contribution in [0, 0.1) is 11.7 Å². The Morgan fingerprint density at radius 2 is 1.76 bits per heavy atom. The lowest BCUT2D eigenvalue weighted by Gasteiger charge is -2.25. The molecule has 1 aliphatic carbocycles. The van der Waals surface area contributed by atoms with Gasteiger partial charge < -0.3 is 5.73 Å². The first-order chi connectivity index (χ1) is 8.27. The van der Waals surface area contributed by atoms with Gasteiger partial charge in [-0.25, -0.2) is 4.39 Å². The molecular weight excluding hydrogens is 215 g/mol. The first-order valence-corrected chi connectivity index (χ1v) is 6.63. The van der Waals surface area contributed by atoms with Gasteiger partial charge in [-0.1, -0.05) is 32.1 Å². The molecule has 0 aromatic carbocycles. The van der Waals surface area contributed by atoms with Crippen molar-refractivity contribution in [2.75, 3.05) is 0 Å². The Morgan fingerprint density at radius 1 is 1.12 bits per heavy atom. The van der Waals surface area contributed by atoms with Crippen LogP contribution in [0.1, 0.15) is 56.6 Å². The molecule has 1 unspecified atom stereocenters. The lowest BCUT2D eigenvalue weighted by molar-refractivity contribution is 0.326. The Morgan fingerprint density at radius 3 is 2.41 bits per heavy atom. The first-order valence-electron chi connectivity index (χ1n) is 6.63. The van der Waals surface area contributed by atoms with Crippen molar-refractivity contribution >= 4 is 0 Å². The second-order valence-electron chi connectivity index (χ2n) is 5.07. The van der Waals surface area contributed by atoms with Gasteiger partial charge in [0.2, 0.25) is 0 Å². The van der Waals surface area contributed by atoms with Crippen LogP contribution in [0.5, 0.6) is 0 Å². The summed E-state index contributed by atoms with van der Waals surface area (Å²) in [6.45, 7) is 0. The minimum Gasteiger partial charge on any atom is -0.324 e. The summed E-state index contributed by atoms with van der Waals surface area (Å²) in [6, 6.07) is 1.47. The van der Waals surface area contributed by atoms with Crippen molar-refractivity contribution < 1.29 is 4.39 Å². The number of halogens is 1. The van der Waals surface area contributed by atoms with Crippen LogP contribution >= 0.6 is 0 Å². The first kappa shape index (κ1) is 12.5. The van der Waals surface area contributed by atoms with Crippen LogP contribution in [-0.4, -0.2) is 4.98 Å². The second-order valence-corrected chi connectivity index (χ2v) is 5.07. The van der Waals surface area contributed by atoms with Crippen LogP contribution in [0.25, 0.3) is 0 Å². The molecule has 2 N–H and O–H groups in total. The van der Waals surface area contributed by atoms with Crippen LogP contribution in [-0.2, 0) is 0 Å². The molecule has 0 amide bonds. The van der Waals surface area contributed by atoms with E-state index in [0.29, 0.717) is 5.92 Å². The van der Waals surface area contributed by atoms with Crippen molar-refractivity contribution in [2.45, 2.75) is 51.0 Å². The van der Waals surface area contributed by atoms with Gasteiger partial charge in [-0.2, -0.15) is 0 Å². The highest BCUT2D eigenvalue weighted by Gasteiger charge is 2.20. The Hall–Kier alpha value is -0.960. The topological polar surface area (TPSA) is 38.9 Å². The summed E-state index contributed by atoms with van der Waals surface area (Å²) in [5.41, 5.74) is 7.10. The maximum atomic E-state index is 13.1. The molecule has 1 atom stereocenters. The molecule has 0 bridgehead atoms. The minimum absolute atomic E-state index is 0.0590. The molecule has 1 aromatic rings. The van der Waals surface area contributed by atoms with Crippen molar-refractivity contribution in [3.05, 3.63) is 29.8 Å². The number of nitrogens with two attached hydrogens (primary N) is 1. The van der Waals surface area contributed by atoms with Crippen LogP contribution in [0.4, 0.5) is 4.39 Å². The van der Waals surface area contributed by atoms with Gasteiger partial charge >= 0.3 is 0 Å². The van der Waals surface area contributed by atoms with Gasteiger partial charge in [-0.3, -0.25) is 4.98 Å². The van der Waals surface area contributed by atoms with Gasteiger partial charge in [0, 0.05) is 12.2 Å². The number of hydrogen-bond donors (Lipinski definition) is 1. The molecule has 1 heterocycles. The van der Waals surface area contributed by atoms with E-state index in [2.05, 4.69) is 4.98 Å². The smallest absolute Gasteiger partial charge is 0.141 e. The monoisotopic (exact) mass is 236 g/mol. The standard InChI is InChI=1S/C14H21FN2/c15-13-8-12(9-17-10-13)14(16)11-6-4-2-1-3-5-7-11/h8-11,14H,1-7,16H2. The summed E-state index contributed by atoms with van der Waals surface area (Å²) in [6.07, 6.45) is 11.7. The lowest BCUT2D eigenvalue weighted by atomic mass is 9.84. The van der Waals surface area contributed by atoms with Crippen molar-refractivity contribution in [1.82, 2.24) is 4.98 Å². The molecule has 0 aliphatic heterocycles. The van der Waals surface area contributed by atoms with E-state index < -0.39 is 0 Å². The van der Waals surface area contributed by atoms with Crippen LogP contribution in [0.2, 0.25) is 0 Å². The molecule has 0 spiro atoms. The Labute approximate surface area is 102 Å². The third-order valence-corrected chi connectivity index (χ3v) is 3.77. The molecule has 1 fully saturated rings. The average Bonchev–Trinajstić information content (AvgIpc) is 2.28. The predicted molar refractivity (Wildman–Crippen MR) is 66.9 cm³/mol. The molecule has 1 saturated carbocycles. The molecule has 17 heavy (non-hydrogen) atoms. The fourth-order valence-electron chi connectivity index (χ4n) is 2.73. The van der Waals surface area contributed by atoms with Crippen molar-refractivity contribution in [3.8, 4) is 0 Å². The fraction of sp³-hybridized carbons (Fsp3) is 0.643. The summed E-state index contributed by atoms with van der Waals surface area (Å²) < 4.78 is 13.1. The number of hydrogen-bond acceptors (Lipinski definition) is 2. The maximum Gasteiger partial charge on any atom is 0.141 e. The molecule has 0 saturated heterocycles. The highest BCUT2D eigenvalue weighted by atomic mass is 19.1. The highest BCUT2D eigenvalue weighted by molar-refractivity contribution is 5.15. The molecule has 1 aromatic heterocycles. The molecule has 1 aliphatic rings. The molecule has 0 radical (unpaired) electrons. The largest absolute Gasteiger partial charge is 0.324 e. The van der Waals surface area contributed by atoms with Gasteiger partial charge in [0.25, 0.3) is 0 Å². The SMILES string of the molecule is NC(c1cncc(F)c1)C1CCCCCCC1. The van der Waals surface area contributed by atoms with E-state index in [1.165, 1.54) is 44.4 Å². The van der Waals surface area contributed by atoms with E-state index in [9.17, 15) is 4.39 Å². The molecule has 2 nitrogen and oxygen atoms in total. The van der Waals surface area contributed by atoms with Gasteiger partial charge in [-0.05, 0) is 30.4 Å². The van der Waals surface area contributed by atoms with E-state index in [-0.39, 0.29) is 11.9 Å². The molecule has 3 heteroatoms. The van der Waals surface area contributed by atoms with Gasteiger partial charge in [0.05, 0.1) is 6.20 Å². The fourth-order valence-corrected chi connectivity index (χ4v) is 2.73. The quantitative estimate of drug-likeness (QED) is 0.852. The van der Waals surface area contributed by atoms with E-state index in [0.717, 1.165) is 18.4 Å². The number of aromatic nitrogens is 1. The predicted octanol–water partition coefficient (Wildman–Crippen LogP) is 3.58. The Kier molecular flexibility index (Phi) is 4.49. The van der Waals surface area contributed by atoms with E-state index in [4.69, 9.17) is 5.73 Å². The van der Waals surface area contributed by atoms with Crippen molar-refractivity contribution in [2.24, 2.45) is 11.7 Å². The van der Waals surface area contributed by atoms with E-state index in [1.54, 1.807) is 6.20 Å². The summed E-state index contributed by atoms with van der Waals surface area (Å²) in [7, 11) is 0. The molecule has 2 rings (SSSR count). The summed E-state index contributed by atoms with van der Waals surface area (Å²) >= 11 is 0. The van der Waals surface area contributed by atoms with E-state index >= 15 is 0 Å². The zero-order chi connectivity index (χ0) is 12.1. The summed E-state index contributed by atoms with van der Waals surface area (Å²) in [4.78, 5) is 3.89. The Balaban J connectivity index is 2.04. The average molecular weight is 236 g/mol. The van der Waals surface area contributed by atoms with Crippen molar-refractivity contribution in [3.63, 3.8) is 0 Å². The molecule has 94 valence electrons. The van der Waals surface area contributed by atoms with Gasteiger partial charge in [-0.15, -0.1) is 0 Å². The molecular formula is C14H21FN2. The number of rotatable bonds is 2. The third kappa shape index (κ3) is 3.50. The lowest BCUT2D eigenvalue weighted by Crippen LogP contribution is -2.22. The Bertz CT molecular complexity index is 346. The maximum absolute atomic E-state index is 13.1.